The van der Waals surface area contributed by atoms with E-state index in [1.807, 2.05) is 6.07 Å². The smallest absolute Gasteiger partial charge is 0.126 e. The molecule has 78 valence electrons. The lowest BCUT2D eigenvalue weighted by atomic mass is 10.1. The minimum atomic E-state index is -0.996. The molecule has 0 bridgehead atoms. The largest absolute Gasteiger partial charge is 0.493 e. The minimum Gasteiger partial charge on any atom is -0.493 e. The van der Waals surface area contributed by atoms with E-state index in [4.69, 9.17) is 10.5 Å². The number of benzene rings is 1. The number of hydrogen-bond donors (Lipinski definition) is 1. The lowest BCUT2D eigenvalue weighted by Crippen LogP contribution is -2.07. The SMILES string of the molecule is CC(F)c1ccccc1OCCCN. The summed E-state index contributed by atoms with van der Waals surface area (Å²) in [4.78, 5) is 0. The van der Waals surface area contributed by atoms with Crippen molar-refractivity contribution in [3.05, 3.63) is 29.8 Å². The Labute approximate surface area is 83.9 Å². The van der Waals surface area contributed by atoms with Crippen LogP contribution in [0.15, 0.2) is 24.3 Å². The summed E-state index contributed by atoms with van der Waals surface area (Å²) in [6.07, 6.45) is -0.210. The van der Waals surface area contributed by atoms with E-state index in [0.29, 0.717) is 24.5 Å². The molecular formula is C11H16FNO. The van der Waals surface area contributed by atoms with Crippen molar-refractivity contribution in [3.63, 3.8) is 0 Å². The third-order valence-electron chi connectivity index (χ3n) is 1.95. The zero-order valence-corrected chi connectivity index (χ0v) is 8.37. The van der Waals surface area contributed by atoms with E-state index < -0.39 is 6.17 Å². The Morgan fingerprint density at radius 3 is 2.79 bits per heavy atom. The summed E-state index contributed by atoms with van der Waals surface area (Å²) in [6.45, 7) is 2.64. The molecule has 1 atom stereocenters. The molecule has 14 heavy (non-hydrogen) atoms. The summed E-state index contributed by atoms with van der Waals surface area (Å²) in [5.74, 6) is 0.621. The number of alkyl halides is 1. The van der Waals surface area contributed by atoms with E-state index in [2.05, 4.69) is 0 Å². The van der Waals surface area contributed by atoms with Crippen LogP contribution in [-0.4, -0.2) is 13.2 Å². The molecule has 2 N–H and O–H groups in total. The molecule has 0 radical (unpaired) electrons. The fourth-order valence-electron chi connectivity index (χ4n) is 1.21. The highest BCUT2D eigenvalue weighted by Gasteiger charge is 2.08. The molecule has 1 aromatic carbocycles. The summed E-state index contributed by atoms with van der Waals surface area (Å²) in [5.41, 5.74) is 5.94. The quantitative estimate of drug-likeness (QED) is 0.736. The number of halogens is 1. The van der Waals surface area contributed by atoms with E-state index in [0.717, 1.165) is 6.42 Å². The van der Waals surface area contributed by atoms with Crippen LogP contribution >= 0.6 is 0 Å². The first-order chi connectivity index (χ1) is 6.75. The second kappa shape index (κ2) is 5.60. The minimum absolute atomic E-state index is 0.542. The second-order valence-corrected chi connectivity index (χ2v) is 3.14. The summed E-state index contributed by atoms with van der Waals surface area (Å²) in [7, 11) is 0. The van der Waals surface area contributed by atoms with Gasteiger partial charge in [-0.15, -0.1) is 0 Å². The first kappa shape index (κ1) is 11.0. The van der Waals surface area contributed by atoms with E-state index in [-0.39, 0.29) is 0 Å². The highest BCUT2D eigenvalue weighted by molar-refractivity contribution is 5.34. The zero-order valence-electron chi connectivity index (χ0n) is 8.37. The van der Waals surface area contributed by atoms with E-state index in [1.54, 1.807) is 18.2 Å². The number of para-hydroxylation sites is 1. The first-order valence-electron chi connectivity index (χ1n) is 4.81. The Hall–Kier alpha value is -1.09. The fourth-order valence-corrected chi connectivity index (χ4v) is 1.21. The van der Waals surface area contributed by atoms with Gasteiger partial charge in [-0.1, -0.05) is 18.2 Å². The Kier molecular flexibility index (Phi) is 4.40. The molecule has 0 saturated carbocycles. The number of nitrogens with two attached hydrogens (primary N) is 1. The number of rotatable bonds is 5. The van der Waals surface area contributed by atoms with Crippen LogP contribution in [0, 0.1) is 0 Å². The standard InChI is InChI=1S/C11H16FNO/c1-9(12)10-5-2-3-6-11(10)14-8-4-7-13/h2-3,5-6,9H,4,7-8,13H2,1H3. The maximum absolute atomic E-state index is 13.1. The van der Waals surface area contributed by atoms with Gasteiger partial charge in [-0.25, -0.2) is 4.39 Å². The van der Waals surface area contributed by atoms with Gasteiger partial charge >= 0.3 is 0 Å². The van der Waals surface area contributed by atoms with Crippen molar-refractivity contribution in [1.29, 1.82) is 0 Å². The molecule has 1 aromatic rings. The first-order valence-corrected chi connectivity index (χ1v) is 4.81. The van der Waals surface area contributed by atoms with Crippen LogP contribution in [0.1, 0.15) is 25.1 Å². The molecule has 0 fully saturated rings. The average molecular weight is 197 g/mol. The van der Waals surface area contributed by atoms with Crippen LogP contribution < -0.4 is 10.5 Å². The Bertz CT molecular complexity index is 276. The Morgan fingerprint density at radius 1 is 1.43 bits per heavy atom. The van der Waals surface area contributed by atoms with Crippen molar-refractivity contribution in [2.45, 2.75) is 19.5 Å². The molecule has 1 rings (SSSR count). The molecule has 0 amide bonds. The molecule has 0 aliphatic carbocycles. The van der Waals surface area contributed by atoms with Crippen LogP contribution in [0.3, 0.4) is 0 Å². The highest BCUT2D eigenvalue weighted by Crippen LogP contribution is 2.26. The van der Waals surface area contributed by atoms with E-state index in [1.165, 1.54) is 6.92 Å². The van der Waals surface area contributed by atoms with Crippen molar-refractivity contribution >= 4 is 0 Å². The van der Waals surface area contributed by atoms with Gasteiger partial charge in [-0.3, -0.25) is 0 Å². The van der Waals surface area contributed by atoms with Gasteiger partial charge in [-0.2, -0.15) is 0 Å². The van der Waals surface area contributed by atoms with Crippen molar-refractivity contribution in [2.75, 3.05) is 13.2 Å². The molecular weight excluding hydrogens is 181 g/mol. The van der Waals surface area contributed by atoms with Gasteiger partial charge in [0.25, 0.3) is 0 Å². The van der Waals surface area contributed by atoms with Crippen LogP contribution in [0.4, 0.5) is 4.39 Å². The number of ether oxygens (including phenoxy) is 1. The third-order valence-corrected chi connectivity index (χ3v) is 1.95. The maximum Gasteiger partial charge on any atom is 0.126 e. The molecule has 0 spiro atoms. The van der Waals surface area contributed by atoms with Gasteiger partial charge < -0.3 is 10.5 Å². The Morgan fingerprint density at radius 2 is 2.14 bits per heavy atom. The summed E-state index contributed by atoms with van der Waals surface area (Å²) >= 11 is 0. The van der Waals surface area contributed by atoms with Gasteiger partial charge in [0.05, 0.1) is 6.61 Å². The van der Waals surface area contributed by atoms with Crippen LogP contribution in [0.2, 0.25) is 0 Å². The maximum atomic E-state index is 13.1. The van der Waals surface area contributed by atoms with Crippen molar-refractivity contribution in [3.8, 4) is 5.75 Å². The molecule has 3 heteroatoms. The summed E-state index contributed by atoms with van der Waals surface area (Å²) < 4.78 is 18.5. The monoisotopic (exact) mass is 197 g/mol. The highest BCUT2D eigenvalue weighted by atomic mass is 19.1. The third kappa shape index (κ3) is 3.00. The molecule has 0 aromatic heterocycles. The lowest BCUT2D eigenvalue weighted by molar-refractivity contribution is 0.294. The van der Waals surface area contributed by atoms with Crippen LogP contribution in [0.25, 0.3) is 0 Å². The summed E-state index contributed by atoms with van der Waals surface area (Å²) in [5, 5.41) is 0. The predicted molar refractivity (Wildman–Crippen MR) is 55.1 cm³/mol. The van der Waals surface area contributed by atoms with Gasteiger partial charge in [0.2, 0.25) is 0 Å². The number of hydrogen-bond acceptors (Lipinski definition) is 2. The molecule has 1 unspecified atom stereocenters. The topological polar surface area (TPSA) is 35.2 Å². The second-order valence-electron chi connectivity index (χ2n) is 3.14. The van der Waals surface area contributed by atoms with Crippen molar-refractivity contribution in [2.24, 2.45) is 5.73 Å². The van der Waals surface area contributed by atoms with Gasteiger partial charge in [0.1, 0.15) is 11.9 Å². The summed E-state index contributed by atoms with van der Waals surface area (Å²) in [6, 6.07) is 7.16. The molecule has 0 aliphatic rings. The molecule has 0 heterocycles. The normalized spacial score (nSPS) is 12.5. The fraction of sp³-hybridized carbons (Fsp3) is 0.455. The van der Waals surface area contributed by atoms with Crippen LogP contribution in [-0.2, 0) is 0 Å². The van der Waals surface area contributed by atoms with Crippen LogP contribution in [0.5, 0.6) is 5.75 Å². The molecule has 2 nitrogen and oxygen atoms in total. The predicted octanol–water partition coefficient (Wildman–Crippen LogP) is 2.44. The Balaban J connectivity index is 2.64. The van der Waals surface area contributed by atoms with Crippen molar-refractivity contribution < 1.29 is 9.13 Å². The van der Waals surface area contributed by atoms with Crippen molar-refractivity contribution in [1.82, 2.24) is 0 Å². The lowest BCUT2D eigenvalue weighted by Gasteiger charge is -2.11. The van der Waals surface area contributed by atoms with Gasteiger partial charge in [0, 0.05) is 5.56 Å². The van der Waals surface area contributed by atoms with Gasteiger partial charge in [-0.05, 0) is 26.0 Å². The molecule has 0 saturated heterocycles. The van der Waals surface area contributed by atoms with E-state index >= 15 is 0 Å². The average Bonchev–Trinajstić information content (AvgIpc) is 2.19. The van der Waals surface area contributed by atoms with Gasteiger partial charge in [0.15, 0.2) is 0 Å². The zero-order chi connectivity index (χ0) is 10.4. The van der Waals surface area contributed by atoms with E-state index in [9.17, 15) is 4.39 Å². The molecule has 0 aliphatic heterocycles.